The molecule has 1 atom stereocenters. The van der Waals surface area contributed by atoms with Gasteiger partial charge in [-0.05, 0) is 30.7 Å². The number of hydrogen-bond donors (Lipinski definition) is 2. The number of carbonyl (C=O) groups is 2. The molecule has 0 radical (unpaired) electrons. The summed E-state index contributed by atoms with van der Waals surface area (Å²) in [5.74, 6) is -0.620. The number of likely N-dealkylation sites (tertiary alicyclic amines) is 1. The molecule has 1 aromatic carbocycles. The zero-order valence-corrected chi connectivity index (χ0v) is 12.1. The third-order valence-electron chi connectivity index (χ3n) is 4.01. The molecule has 1 aliphatic heterocycles. The Morgan fingerprint density at radius 3 is 2.43 bits per heavy atom. The molecule has 0 unspecified atom stereocenters. The zero-order chi connectivity index (χ0) is 15.2. The smallest absolute Gasteiger partial charge is 0.303 e. The van der Waals surface area contributed by atoms with Crippen LogP contribution in [0.5, 0.6) is 0 Å². The summed E-state index contributed by atoms with van der Waals surface area (Å²) in [6.07, 6.45) is 2.22. The standard InChI is InChI=1S/C16H22N2O3/c17-14(10-12-4-2-1-3-5-12)16(21)18-8-6-13(7-9-18)11-15(19)20/h1-5,13-14H,6-11,17H2,(H,19,20)/t14-/m0/s1. The number of amides is 1. The number of carbonyl (C=O) groups excluding carboxylic acids is 1. The third-order valence-corrected chi connectivity index (χ3v) is 4.01. The van der Waals surface area contributed by atoms with Crippen LogP contribution in [0.2, 0.25) is 0 Å². The highest BCUT2D eigenvalue weighted by Crippen LogP contribution is 2.21. The van der Waals surface area contributed by atoms with Crippen LogP contribution in [-0.4, -0.2) is 41.0 Å². The van der Waals surface area contributed by atoms with Gasteiger partial charge in [-0.25, -0.2) is 0 Å². The number of nitrogens with two attached hydrogens (primary N) is 1. The summed E-state index contributed by atoms with van der Waals surface area (Å²) in [4.78, 5) is 24.8. The van der Waals surface area contributed by atoms with E-state index < -0.39 is 12.0 Å². The van der Waals surface area contributed by atoms with Crippen LogP contribution in [0.15, 0.2) is 30.3 Å². The molecule has 3 N–H and O–H groups in total. The highest BCUT2D eigenvalue weighted by molar-refractivity contribution is 5.82. The van der Waals surface area contributed by atoms with Crippen molar-refractivity contribution in [1.29, 1.82) is 0 Å². The summed E-state index contributed by atoms with van der Waals surface area (Å²) in [6.45, 7) is 1.22. The molecule has 1 aliphatic rings. The lowest BCUT2D eigenvalue weighted by Gasteiger charge is -2.33. The maximum Gasteiger partial charge on any atom is 0.303 e. The van der Waals surface area contributed by atoms with Gasteiger partial charge in [0.05, 0.1) is 6.04 Å². The molecular formula is C16H22N2O3. The average Bonchev–Trinajstić information content (AvgIpc) is 2.47. The van der Waals surface area contributed by atoms with Gasteiger partial charge < -0.3 is 15.7 Å². The molecule has 0 aliphatic carbocycles. The predicted molar refractivity (Wildman–Crippen MR) is 79.7 cm³/mol. The summed E-state index contributed by atoms with van der Waals surface area (Å²) >= 11 is 0. The van der Waals surface area contributed by atoms with Crippen molar-refractivity contribution in [2.45, 2.75) is 31.7 Å². The molecule has 114 valence electrons. The summed E-state index contributed by atoms with van der Waals surface area (Å²) in [5, 5.41) is 8.79. The Bertz CT molecular complexity index is 482. The molecule has 5 nitrogen and oxygen atoms in total. The normalized spacial score (nSPS) is 17.5. The SMILES string of the molecule is N[C@@H](Cc1ccccc1)C(=O)N1CCC(CC(=O)O)CC1. The first-order valence-corrected chi connectivity index (χ1v) is 7.36. The lowest BCUT2D eigenvalue weighted by molar-refractivity contribution is -0.138. The fraction of sp³-hybridized carbons (Fsp3) is 0.500. The van der Waals surface area contributed by atoms with E-state index in [-0.39, 0.29) is 18.2 Å². The van der Waals surface area contributed by atoms with Crippen molar-refractivity contribution in [3.8, 4) is 0 Å². The van der Waals surface area contributed by atoms with Crippen molar-refractivity contribution >= 4 is 11.9 Å². The number of nitrogens with zero attached hydrogens (tertiary/aromatic N) is 1. The largest absolute Gasteiger partial charge is 0.481 e. The van der Waals surface area contributed by atoms with Gasteiger partial charge in [0, 0.05) is 19.5 Å². The highest BCUT2D eigenvalue weighted by Gasteiger charge is 2.27. The van der Waals surface area contributed by atoms with E-state index in [1.165, 1.54) is 0 Å². The Hall–Kier alpha value is -1.88. The third kappa shape index (κ3) is 4.56. The van der Waals surface area contributed by atoms with Crippen LogP contribution < -0.4 is 5.73 Å². The topological polar surface area (TPSA) is 83.6 Å². The number of aliphatic carboxylic acids is 1. The number of rotatable bonds is 5. The van der Waals surface area contributed by atoms with Gasteiger partial charge in [0.15, 0.2) is 0 Å². The first-order valence-electron chi connectivity index (χ1n) is 7.36. The monoisotopic (exact) mass is 290 g/mol. The second-order valence-corrected chi connectivity index (χ2v) is 5.66. The summed E-state index contributed by atoms with van der Waals surface area (Å²) in [6, 6.07) is 9.21. The van der Waals surface area contributed by atoms with Crippen molar-refractivity contribution < 1.29 is 14.7 Å². The van der Waals surface area contributed by atoms with E-state index in [2.05, 4.69) is 0 Å². The summed E-state index contributed by atoms with van der Waals surface area (Å²) in [7, 11) is 0. The van der Waals surface area contributed by atoms with Gasteiger partial charge in [0.25, 0.3) is 0 Å². The molecule has 21 heavy (non-hydrogen) atoms. The number of piperidine rings is 1. The van der Waals surface area contributed by atoms with E-state index in [0.29, 0.717) is 19.5 Å². The molecule has 1 amide bonds. The maximum atomic E-state index is 12.3. The highest BCUT2D eigenvalue weighted by atomic mass is 16.4. The Kier molecular flexibility index (Phi) is 5.33. The van der Waals surface area contributed by atoms with Crippen LogP contribution in [0.25, 0.3) is 0 Å². The number of benzene rings is 1. The predicted octanol–water partition coefficient (Wildman–Crippen LogP) is 1.27. The van der Waals surface area contributed by atoms with E-state index in [4.69, 9.17) is 10.8 Å². The minimum atomic E-state index is -0.763. The van der Waals surface area contributed by atoms with E-state index in [0.717, 1.165) is 18.4 Å². The minimum absolute atomic E-state index is 0.0346. The molecule has 0 saturated carbocycles. The summed E-state index contributed by atoms with van der Waals surface area (Å²) < 4.78 is 0. The van der Waals surface area contributed by atoms with E-state index in [1.807, 2.05) is 30.3 Å². The van der Waals surface area contributed by atoms with Crippen LogP contribution >= 0.6 is 0 Å². The lowest BCUT2D eigenvalue weighted by Crippen LogP contribution is -2.48. The van der Waals surface area contributed by atoms with E-state index in [9.17, 15) is 9.59 Å². The lowest BCUT2D eigenvalue weighted by atomic mass is 9.93. The molecule has 5 heteroatoms. The van der Waals surface area contributed by atoms with Crippen LogP contribution in [0, 0.1) is 5.92 Å². The molecule has 1 heterocycles. The van der Waals surface area contributed by atoms with Crippen molar-refractivity contribution in [3.63, 3.8) is 0 Å². The van der Waals surface area contributed by atoms with Gasteiger partial charge >= 0.3 is 5.97 Å². The maximum absolute atomic E-state index is 12.3. The number of carboxylic acid groups (broad SMARTS) is 1. The fourth-order valence-corrected chi connectivity index (χ4v) is 2.79. The van der Waals surface area contributed by atoms with Gasteiger partial charge in [-0.15, -0.1) is 0 Å². The van der Waals surface area contributed by atoms with Gasteiger partial charge in [0.2, 0.25) is 5.91 Å². The Balaban J connectivity index is 1.82. The second kappa shape index (κ2) is 7.22. The van der Waals surface area contributed by atoms with Crippen molar-refractivity contribution in [2.24, 2.45) is 11.7 Å². The summed E-state index contributed by atoms with van der Waals surface area (Å²) in [5.41, 5.74) is 7.06. The van der Waals surface area contributed by atoms with Gasteiger partial charge in [-0.3, -0.25) is 9.59 Å². The quantitative estimate of drug-likeness (QED) is 0.855. The Morgan fingerprint density at radius 2 is 1.86 bits per heavy atom. The molecule has 2 rings (SSSR count). The van der Waals surface area contributed by atoms with Gasteiger partial charge in [0.1, 0.15) is 0 Å². The first-order chi connectivity index (χ1) is 10.1. The molecule has 1 aromatic rings. The first kappa shape index (κ1) is 15.5. The zero-order valence-electron chi connectivity index (χ0n) is 12.1. The molecule has 0 spiro atoms. The van der Waals surface area contributed by atoms with Crippen molar-refractivity contribution in [3.05, 3.63) is 35.9 Å². The molecule has 0 aromatic heterocycles. The van der Waals surface area contributed by atoms with Crippen LogP contribution in [0.3, 0.4) is 0 Å². The number of carboxylic acids is 1. The molecule has 1 fully saturated rings. The van der Waals surface area contributed by atoms with Crippen LogP contribution in [-0.2, 0) is 16.0 Å². The molecule has 0 bridgehead atoms. The Labute approximate surface area is 124 Å². The molecular weight excluding hydrogens is 268 g/mol. The van der Waals surface area contributed by atoms with Crippen LogP contribution in [0.4, 0.5) is 0 Å². The number of hydrogen-bond acceptors (Lipinski definition) is 3. The molecule has 1 saturated heterocycles. The second-order valence-electron chi connectivity index (χ2n) is 5.66. The minimum Gasteiger partial charge on any atom is -0.481 e. The fourth-order valence-electron chi connectivity index (χ4n) is 2.79. The Morgan fingerprint density at radius 1 is 1.24 bits per heavy atom. The average molecular weight is 290 g/mol. The van der Waals surface area contributed by atoms with Crippen molar-refractivity contribution in [2.75, 3.05) is 13.1 Å². The van der Waals surface area contributed by atoms with E-state index >= 15 is 0 Å². The van der Waals surface area contributed by atoms with E-state index in [1.54, 1.807) is 4.90 Å². The van der Waals surface area contributed by atoms with Crippen molar-refractivity contribution in [1.82, 2.24) is 4.90 Å². The van der Waals surface area contributed by atoms with Gasteiger partial charge in [-0.2, -0.15) is 0 Å². The van der Waals surface area contributed by atoms with Gasteiger partial charge in [-0.1, -0.05) is 30.3 Å². The van der Waals surface area contributed by atoms with Crippen LogP contribution in [0.1, 0.15) is 24.8 Å².